The van der Waals surface area contributed by atoms with Crippen LogP contribution in [-0.2, 0) is 110 Å². The molecule has 13 aliphatic heterocycles. The molecule has 6 atom stereocenters. The first-order chi connectivity index (χ1) is 70.8. The molecule has 25 rings (SSSR count). The van der Waals surface area contributed by atoms with Crippen molar-refractivity contribution in [1.82, 2.24) is 0 Å². The molecule has 0 saturated heterocycles. The molecule has 5 N–H and O–H groups in total. The predicted molar refractivity (Wildman–Crippen MR) is 548 cm³/mol. The number of hydrogen-bond acceptors (Lipinski definition) is 35. The van der Waals surface area contributed by atoms with Crippen molar-refractivity contribution >= 4 is 169 Å². The van der Waals surface area contributed by atoms with Gasteiger partial charge in [0.15, 0.2) is 80.5 Å². The number of allylic oxidation sites excluding steroid dienone is 2. The van der Waals surface area contributed by atoms with E-state index in [0.29, 0.717) is 120 Å². The van der Waals surface area contributed by atoms with Gasteiger partial charge in [-0.3, -0.25) is 22.8 Å². The summed E-state index contributed by atoms with van der Waals surface area (Å²) in [5, 5.41) is 0. The fraction of sp³-hybridized carbons (Fsp3) is 0.293. The second-order valence-corrected chi connectivity index (χ2v) is 54.8. The Kier molecular flexibility index (Phi) is 27.6. The van der Waals surface area contributed by atoms with Gasteiger partial charge in [-0.25, -0.2) is 0 Å². The van der Waals surface area contributed by atoms with Crippen molar-refractivity contribution in [2.45, 2.75) is 129 Å². The van der Waals surface area contributed by atoms with Gasteiger partial charge < -0.3 is 66.3 Å². The Morgan fingerprint density at radius 3 is 0.757 bits per heavy atom. The van der Waals surface area contributed by atoms with Gasteiger partial charge in [-0.1, -0.05) is 84.9 Å². The van der Waals surface area contributed by atoms with Gasteiger partial charge in [0.1, 0.15) is 92.5 Å². The largest absolute Gasteiger partial charge is 0.485 e. The lowest BCUT2D eigenvalue weighted by Crippen LogP contribution is -2.20. The van der Waals surface area contributed by atoms with E-state index in [1.165, 1.54) is 202 Å². The molecule has 6 unspecified atom stereocenters. The lowest BCUT2D eigenvalue weighted by atomic mass is 9.72. The third kappa shape index (κ3) is 19.9. The molecule has 148 heavy (non-hydrogen) atoms. The van der Waals surface area contributed by atoms with Gasteiger partial charge in [-0.2, -0.15) is 66.2 Å². The molecule has 35 nitrogen and oxygen atoms in total. The first-order valence-corrected chi connectivity index (χ1v) is 62.7. The first kappa shape index (κ1) is 102. The maximum atomic E-state index is 16.0. The molecule has 10 bridgehead atoms. The Morgan fingerprint density at radius 2 is 0.486 bits per heavy atom. The van der Waals surface area contributed by atoms with Crippen molar-refractivity contribution < 1.29 is 155 Å². The zero-order valence-electron chi connectivity index (χ0n) is 77.8. The Hall–Kier alpha value is -10.7. The highest BCUT2D eigenvalue weighted by Gasteiger charge is 2.48. The van der Waals surface area contributed by atoms with Crippen molar-refractivity contribution in [3.8, 4) is 57.5 Å². The van der Waals surface area contributed by atoms with E-state index in [2.05, 4.69) is 0 Å². The molecule has 49 heteroatoms. The first-order valence-electron chi connectivity index (χ1n) is 46.3. The molecule has 0 aliphatic carbocycles. The van der Waals surface area contributed by atoms with Gasteiger partial charge in [-0.05, 0) is 219 Å². The number of thiophene rings is 5. The van der Waals surface area contributed by atoms with E-state index in [-0.39, 0.29) is 219 Å². The third-order valence-electron chi connectivity index (χ3n) is 26.5. The number of ether oxygens (including phenoxy) is 14. The van der Waals surface area contributed by atoms with Crippen molar-refractivity contribution in [2.75, 3.05) is 92.5 Å². The summed E-state index contributed by atoms with van der Waals surface area (Å²) < 4.78 is 355. The molecule has 12 aromatic rings. The van der Waals surface area contributed by atoms with Gasteiger partial charge in [0.05, 0.1) is 90.8 Å². The van der Waals surface area contributed by atoms with Gasteiger partial charge in [0.25, 0.3) is 50.6 Å². The molecular weight excluding hydrogens is 2200 g/mol. The van der Waals surface area contributed by atoms with Crippen LogP contribution in [0.5, 0.6) is 57.5 Å². The van der Waals surface area contributed by atoms with Crippen molar-refractivity contribution in [3.05, 3.63) is 279 Å². The molecule has 13 aliphatic rings. The zero-order chi connectivity index (χ0) is 103. The summed E-state index contributed by atoms with van der Waals surface area (Å²) in [5.74, 6) is -0.0651. The van der Waals surface area contributed by atoms with E-state index in [9.17, 15) is 64.9 Å². The molecule has 0 saturated carbocycles. The molecule has 0 fully saturated rings. The topological polar surface area (TPSA) is 488 Å². The molecule has 5 aromatic heterocycles. The fourth-order valence-electron chi connectivity index (χ4n) is 19.6. The highest BCUT2D eigenvalue weighted by Crippen LogP contribution is 2.60. The average molecular weight is 2290 g/mol. The molecule has 0 radical (unpaired) electrons. The second-order valence-electron chi connectivity index (χ2n) is 35.7. The Morgan fingerprint density at radius 1 is 0.264 bits per heavy atom. The Bertz CT molecular complexity index is 8330. The van der Waals surface area contributed by atoms with Gasteiger partial charge in [0.2, 0.25) is 0 Å². The van der Waals surface area contributed by atoms with E-state index in [4.69, 9.17) is 73.6 Å². The molecule has 7 aromatic carbocycles. The smallest absolute Gasteiger partial charge is 0.307 e. The highest BCUT2D eigenvalue weighted by molar-refractivity contribution is 8.25. The van der Waals surface area contributed by atoms with Crippen molar-refractivity contribution in [2.24, 2.45) is 0 Å². The van der Waals surface area contributed by atoms with E-state index in [0.717, 1.165) is 0 Å². The van der Waals surface area contributed by atoms with Crippen LogP contribution in [-0.4, -0.2) is 184 Å². The maximum absolute atomic E-state index is 16.0. The van der Waals surface area contributed by atoms with Crippen LogP contribution in [0.15, 0.2) is 227 Å². The molecule has 18 heterocycles. The van der Waals surface area contributed by atoms with Crippen LogP contribution in [0, 0.1) is 32.0 Å². The minimum Gasteiger partial charge on any atom is -0.485 e. The van der Waals surface area contributed by atoms with Crippen LogP contribution in [0.4, 0.5) is 0 Å². The number of rotatable bonds is 12. The molecule has 778 valence electrons. The zero-order valence-corrected chi connectivity index (χ0v) is 89.2. The third-order valence-corrected chi connectivity index (χ3v) is 44.6. The van der Waals surface area contributed by atoms with Crippen LogP contribution in [0.2, 0.25) is 0 Å². The quantitative estimate of drug-likeness (QED) is 0.0560. The van der Waals surface area contributed by atoms with Crippen LogP contribution >= 0.6 is 78.2 Å². The number of aryl methyl sites for hydroxylation is 4. The summed E-state index contributed by atoms with van der Waals surface area (Å²) in [6.45, 7) is 4.78. The standard InChI is InChI=1S/C99H88O35S14/c1-53-74-76(121-37-35-119-74)92(135-53)96-84-86(131-47-45-129-84)98-94-82-80(125-41-43-127-82)90(138-94)88-78-79(124-40-39-123-78)89(137-88)91-81-83(128-44-42-126-81)95(139-91)99-87-85(130-46-48-132-87)97(93-77-75(54(2)136-93)120-36-38-122-77)141(99)134-148(117,118)73-23-7-56(8-24-73)4-10-63(58-13-27-68(28-14-58)143(103,104)105)50-65(60-17-31-70(32-18-60)145(109,110)111)52-66(61-19-33-71(34-20-61)146(112,113)114)51-64(59-15-29-69(30-16-59)144(106,107)108)49-62(57-11-25-67(26-12-57)142(100,101)102)9-3-55-5-21-72(22-6-55)147(115,116)133-140(96)98/h5-8,11-34,62-66H,3-4,9-10,35-52H2,1-2H3,(H,100,101,102)(H,103,104,105)(H,106,107,108)(H,109,110,111)(H,112,113,114). The number of fused-ring (bicyclic) bond motifs is 5. The molecule has 0 amide bonds. The van der Waals surface area contributed by atoms with Crippen LogP contribution in [0.1, 0.15) is 127 Å². The van der Waals surface area contributed by atoms with Gasteiger partial charge in [0, 0.05) is 31.3 Å². The summed E-state index contributed by atoms with van der Waals surface area (Å²) in [4.78, 5) is 0.246. The van der Waals surface area contributed by atoms with E-state index >= 15 is 16.8 Å². The van der Waals surface area contributed by atoms with Crippen LogP contribution in [0.25, 0.3) is 9.81 Å². The average Bonchev–Trinajstić information content (AvgIpc) is 1.55. The minimum atomic E-state index is -4.98. The summed E-state index contributed by atoms with van der Waals surface area (Å²) in [6.07, 6.45) is 0.958. The fourth-order valence-corrected chi connectivity index (χ4v) is 35.9. The summed E-state index contributed by atoms with van der Waals surface area (Å²) in [5.41, 5.74) is 3.61. The minimum absolute atomic E-state index is 0.00341. The normalized spacial score (nSPS) is 21.6. The van der Waals surface area contributed by atoms with Gasteiger partial charge in [-0.15, -0.1) is 56.7 Å². The molecule has 0 spiro atoms. The van der Waals surface area contributed by atoms with Crippen LogP contribution < -0.4 is 56.4 Å². The Balaban J connectivity index is 0.762. The lowest BCUT2D eigenvalue weighted by molar-refractivity contribution is 0.0846. The summed E-state index contributed by atoms with van der Waals surface area (Å²) >= 11 is 6.16. The molecular formula is C99H88O35S14. The lowest BCUT2D eigenvalue weighted by Gasteiger charge is -2.32. The Labute approximate surface area is 873 Å². The van der Waals surface area contributed by atoms with E-state index in [1.807, 2.05) is 13.8 Å². The SMILES string of the molecule is Cc1sc(C2=S3OS(=O)(=O)c4ccc(cc4)CCC(c4ccc(S(=O)(=O)O)cc4)CC(c4ccc(S(=O)(=O)O)cc4)CC(c4ccc(S(=O)(=O)O)cc4)CC(c4ccc(S(=O)(=O)O)cc4)CC(c4ccc(S(=O)(=O)O)cc4)CCc4ccc(cc4)S(=O)(=O)OS4=C(c5sc(C)c6c5OCCO6)C5=C(OCCO5)C4=c4sc(c5c4OCCO5)=c4sc(c5c4OCCO5)=c4sc(c5c4OCCO5)=C3C3=C2OCCO3)c2c1OCCO2. The maximum Gasteiger partial charge on any atom is 0.307 e. The number of hydrogen-bond donors (Lipinski definition) is 5. The monoisotopic (exact) mass is 2280 g/mol. The second kappa shape index (κ2) is 40.1. The van der Waals surface area contributed by atoms with Crippen molar-refractivity contribution in [3.63, 3.8) is 0 Å². The summed E-state index contributed by atoms with van der Waals surface area (Å²) in [7, 11) is -38.3. The number of benzene rings is 7. The summed E-state index contributed by atoms with van der Waals surface area (Å²) in [6, 6.07) is 39.3. The van der Waals surface area contributed by atoms with E-state index < -0.39 is 146 Å². The van der Waals surface area contributed by atoms with Crippen LogP contribution in [0.3, 0.4) is 0 Å². The highest BCUT2D eigenvalue weighted by atomic mass is 32.3. The predicted octanol–water partition coefficient (Wildman–Crippen LogP) is 16.0. The van der Waals surface area contributed by atoms with Crippen molar-refractivity contribution in [1.29, 1.82) is 0 Å². The van der Waals surface area contributed by atoms with E-state index in [1.54, 1.807) is 24.3 Å². The van der Waals surface area contributed by atoms with Gasteiger partial charge >= 0.3 is 20.2 Å².